The summed E-state index contributed by atoms with van der Waals surface area (Å²) in [5.74, 6) is -0.452. The Morgan fingerprint density at radius 1 is 0.906 bits per heavy atom. The van der Waals surface area contributed by atoms with E-state index in [1.807, 2.05) is 36.4 Å². The molecule has 1 unspecified atom stereocenters. The summed E-state index contributed by atoms with van der Waals surface area (Å²) in [7, 11) is -4.11. The number of hydrogen-bond donors (Lipinski definition) is 0. The fourth-order valence-corrected chi connectivity index (χ4v) is 4.46. The van der Waals surface area contributed by atoms with Gasteiger partial charge in [0, 0.05) is 5.56 Å². The zero-order valence-electron chi connectivity index (χ0n) is 17.3. The molecule has 0 N–H and O–H groups in total. The molecule has 0 amide bonds. The highest BCUT2D eigenvalue weighted by atomic mass is 32.2. The second kappa shape index (κ2) is 9.20. The third-order valence-electron chi connectivity index (χ3n) is 4.84. The van der Waals surface area contributed by atoms with E-state index in [4.69, 9.17) is 9.47 Å². The van der Waals surface area contributed by atoms with Gasteiger partial charge in [-0.25, -0.2) is 4.79 Å². The fourth-order valence-electron chi connectivity index (χ4n) is 3.40. The smallest absolute Gasteiger partial charge is 0.344 e. The van der Waals surface area contributed by atoms with Crippen LogP contribution in [0.15, 0.2) is 106 Å². The summed E-state index contributed by atoms with van der Waals surface area (Å²) in [6.45, 7) is 1.81. The van der Waals surface area contributed by atoms with E-state index in [9.17, 15) is 13.2 Å². The molecule has 0 saturated carbocycles. The van der Waals surface area contributed by atoms with Crippen LogP contribution < -0.4 is 0 Å². The number of ether oxygens (including phenoxy) is 2. The number of esters is 1. The van der Waals surface area contributed by atoms with Gasteiger partial charge in [0.25, 0.3) is 10.0 Å². The summed E-state index contributed by atoms with van der Waals surface area (Å²) in [5.41, 5.74) is 1.30. The van der Waals surface area contributed by atoms with Crippen molar-refractivity contribution in [2.24, 2.45) is 4.40 Å². The Morgan fingerprint density at radius 3 is 2.06 bits per heavy atom. The summed E-state index contributed by atoms with van der Waals surface area (Å²) in [5, 5.41) is 0. The van der Waals surface area contributed by atoms with Gasteiger partial charge in [-0.1, -0.05) is 78.9 Å². The molecular formula is C25H21NO5S. The molecule has 3 aromatic rings. The number of nitrogens with zero attached hydrogens (tertiary/aromatic N) is 1. The van der Waals surface area contributed by atoms with Gasteiger partial charge in [-0.15, -0.1) is 0 Å². The van der Waals surface area contributed by atoms with Crippen LogP contribution in [0.1, 0.15) is 24.2 Å². The van der Waals surface area contributed by atoms with Gasteiger partial charge in [0.05, 0.1) is 11.5 Å². The van der Waals surface area contributed by atoms with Gasteiger partial charge in [0.2, 0.25) is 0 Å². The fraction of sp³-hybridized carbons (Fsp3) is 0.120. The molecule has 0 spiro atoms. The molecule has 0 fully saturated rings. The Bertz CT molecular complexity index is 1270. The molecule has 7 heteroatoms. The van der Waals surface area contributed by atoms with E-state index < -0.39 is 22.1 Å². The number of sulfonamides is 1. The molecule has 32 heavy (non-hydrogen) atoms. The Hall–Kier alpha value is -3.71. The van der Waals surface area contributed by atoms with Crippen LogP contribution in [0, 0.1) is 0 Å². The predicted molar refractivity (Wildman–Crippen MR) is 121 cm³/mol. The van der Waals surface area contributed by atoms with Crippen LogP contribution in [0.25, 0.3) is 5.76 Å². The molecule has 0 saturated heterocycles. The van der Waals surface area contributed by atoms with Crippen molar-refractivity contribution in [2.45, 2.75) is 17.9 Å². The number of carbonyl (C=O) groups excluding carboxylic acids is 1. The molecule has 3 aromatic carbocycles. The third-order valence-corrected chi connectivity index (χ3v) is 6.15. The standard InChI is InChI=1S/C25H21NO5S/c1-2-30-25(27)21-22(26-32(28,29)20-16-10-5-11-17-20)24(19-14-8-4-9-15-19)31-23(21)18-12-6-3-7-13-18/h3-17,24H,2H2,1H3/b26-22-. The van der Waals surface area contributed by atoms with Crippen molar-refractivity contribution >= 4 is 27.5 Å². The summed E-state index contributed by atoms with van der Waals surface area (Å²) < 4.78 is 41.8. The molecule has 0 bridgehead atoms. The molecule has 1 aliphatic heterocycles. The van der Waals surface area contributed by atoms with Crippen LogP contribution in [0.2, 0.25) is 0 Å². The van der Waals surface area contributed by atoms with E-state index in [-0.39, 0.29) is 28.5 Å². The molecule has 1 heterocycles. The first-order chi connectivity index (χ1) is 15.5. The lowest BCUT2D eigenvalue weighted by molar-refractivity contribution is -0.137. The molecule has 6 nitrogen and oxygen atoms in total. The second-order valence-electron chi connectivity index (χ2n) is 6.96. The van der Waals surface area contributed by atoms with Crippen molar-refractivity contribution in [3.63, 3.8) is 0 Å². The monoisotopic (exact) mass is 447 g/mol. The molecule has 0 radical (unpaired) electrons. The van der Waals surface area contributed by atoms with Gasteiger partial charge in [-0.2, -0.15) is 12.8 Å². The lowest BCUT2D eigenvalue weighted by Crippen LogP contribution is -2.19. The Kier molecular flexibility index (Phi) is 6.18. The van der Waals surface area contributed by atoms with E-state index in [0.717, 1.165) is 0 Å². The number of benzene rings is 3. The highest BCUT2D eigenvalue weighted by molar-refractivity contribution is 7.90. The highest BCUT2D eigenvalue weighted by Gasteiger charge is 2.40. The number of rotatable bonds is 6. The first-order valence-electron chi connectivity index (χ1n) is 10.1. The molecule has 1 aliphatic rings. The van der Waals surface area contributed by atoms with Gasteiger partial charge in [-0.05, 0) is 24.6 Å². The molecule has 1 atom stereocenters. The van der Waals surface area contributed by atoms with E-state index in [0.29, 0.717) is 11.1 Å². The lowest BCUT2D eigenvalue weighted by Gasteiger charge is -2.14. The number of carbonyl (C=O) groups is 1. The molecule has 4 rings (SSSR count). The maximum Gasteiger partial charge on any atom is 0.344 e. The zero-order chi connectivity index (χ0) is 22.6. The largest absolute Gasteiger partial charge is 0.478 e. The van der Waals surface area contributed by atoms with Crippen molar-refractivity contribution in [1.82, 2.24) is 0 Å². The zero-order valence-corrected chi connectivity index (χ0v) is 18.2. The second-order valence-corrected chi connectivity index (χ2v) is 8.57. The summed E-state index contributed by atoms with van der Waals surface area (Å²) in [4.78, 5) is 13.0. The molecule has 162 valence electrons. The van der Waals surface area contributed by atoms with Crippen molar-refractivity contribution < 1.29 is 22.7 Å². The maximum absolute atomic E-state index is 13.1. The van der Waals surface area contributed by atoms with Crippen molar-refractivity contribution in [3.8, 4) is 0 Å². The van der Waals surface area contributed by atoms with Gasteiger partial charge < -0.3 is 9.47 Å². The highest BCUT2D eigenvalue weighted by Crippen LogP contribution is 2.40. The van der Waals surface area contributed by atoms with Crippen LogP contribution >= 0.6 is 0 Å². The maximum atomic E-state index is 13.1. The molecule has 0 aliphatic carbocycles. The van der Waals surface area contributed by atoms with E-state index in [1.165, 1.54) is 12.1 Å². The quantitative estimate of drug-likeness (QED) is 0.517. The van der Waals surface area contributed by atoms with Crippen LogP contribution in [0.3, 0.4) is 0 Å². The summed E-state index contributed by atoms with van der Waals surface area (Å²) in [6, 6.07) is 25.9. The third kappa shape index (κ3) is 4.33. The lowest BCUT2D eigenvalue weighted by atomic mass is 10.00. The Balaban J connectivity index is 1.95. The normalized spacial score (nSPS) is 17.3. The topological polar surface area (TPSA) is 82.0 Å². The Labute approximate surface area is 186 Å². The average molecular weight is 448 g/mol. The predicted octanol–water partition coefficient (Wildman–Crippen LogP) is 4.56. The average Bonchev–Trinajstić information content (AvgIpc) is 3.19. The Morgan fingerprint density at radius 2 is 1.47 bits per heavy atom. The van der Waals surface area contributed by atoms with E-state index in [1.54, 1.807) is 49.4 Å². The minimum absolute atomic E-state index is 0.00245. The van der Waals surface area contributed by atoms with Gasteiger partial charge in [0.15, 0.2) is 6.10 Å². The van der Waals surface area contributed by atoms with Crippen LogP contribution in [-0.2, 0) is 24.3 Å². The van der Waals surface area contributed by atoms with Crippen molar-refractivity contribution in [3.05, 3.63) is 108 Å². The molecular weight excluding hydrogens is 426 g/mol. The minimum Gasteiger partial charge on any atom is -0.478 e. The van der Waals surface area contributed by atoms with E-state index in [2.05, 4.69) is 4.40 Å². The van der Waals surface area contributed by atoms with Crippen molar-refractivity contribution in [2.75, 3.05) is 6.61 Å². The van der Waals surface area contributed by atoms with E-state index >= 15 is 0 Å². The molecule has 0 aromatic heterocycles. The van der Waals surface area contributed by atoms with Crippen LogP contribution in [-0.4, -0.2) is 26.7 Å². The minimum atomic E-state index is -4.11. The first kappa shape index (κ1) is 21.5. The van der Waals surface area contributed by atoms with Gasteiger partial charge in [-0.3, -0.25) is 0 Å². The SMILES string of the molecule is CCOC(=O)C1=C(c2ccccc2)OC(c2ccccc2)/C1=N\S(=O)(=O)c1ccccc1. The summed E-state index contributed by atoms with van der Waals surface area (Å²) in [6.07, 6.45) is -0.885. The van der Waals surface area contributed by atoms with Crippen molar-refractivity contribution in [1.29, 1.82) is 0 Å². The first-order valence-corrected chi connectivity index (χ1v) is 11.5. The van der Waals surface area contributed by atoms with Gasteiger partial charge in [0.1, 0.15) is 17.0 Å². The van der Waals surface area contributed by atoms with Gasteiger partial charge >= 0.3 is 5.97 Å². The summed E-state index contributed by atoms with van der Waals surface area (Å²) >= 11 is 0. The van der Waals surface area contributed by atoms with Crippen LogP contribution in [0.4, 0.5) is 0 Å². The van der Waals surface area contributed by atoms with Crippen LogP contribution in [0.5, 0.6) is 0 Å². The number of hydrogen-bond acceptors (Lipinski definition) is 5.